The van der Waals surface area contributed by atoms with E-state index in [1.54, 1.807) is 0 Å². The lowest BCUT2D eigenvalue weighted by Crippen LogP contribution is -2.69. The van der Waals surface area contributed by atoms with Crippen molar-refractivity contribution in [3.05, 3.63) is 35.9 Å². The van der Waals surface area contributed by atoms with Crippen molar-refractivity contribution in [1.29, 1.82) is 5.26 Å². The summed E-state index contributed by atoms with van der Waals surface area (Å²) < 4.78 is 0. The summed E-state index contributed by atoms with van der Waals surface area (Å²) in [6, 6.07) is 12.9. The summed E-state index contributed by atoms with van der Waals surface area (Å²) in [5.74, 6) is 0.488. The van der Waals surface area contributed by atoms with E-state index in [0.717, 1.165) is 32.7 Å². The van der Waals surface area contributed by atoms with Crippen LogP contribution in [0.15, 0.2) is 30.3 Å². The molecule has 0 spiro atoms. The number of benzene rings is 1. The Balaban J connectivity index is 1.75. The van der Waals surface area contributed by atoms with Gasteiger partial charge in [0, 0.05) is 44.6 Å². The minimum Gasteiger partial charge on any atom is -0.313 e. The molecule has 3 rings (SSSR count). The van der Waals surface area contributed by atoms with Gasteiger partial charge in [0.05, 0.1) is 6.07 Å². The number of hydrogen-bond acceptors (Lipinski definition) is 4. The number of hydrogen-bond donors (Lipinski definition) is 1. The smallest absolute Gasteiger partial charge is 0.114 e. The second kappa shape index (κ2) is 5.17. The minimum absolute atomic E-state index is 0.244. The van der Waals surface area contributed by atoms with Crippen molar-refractivity contribution in [2.75, 3.05) is 33.2 Å². The molecule has 1 aromatic carbocycles. The molecule has 2 saturated heterocycles. The summed E-state index contributed by atoms with van der Waals surface area (Å²) in [5.41, 5.74) is 7.11. The van der Waals surface area contributed by atoms with Crippen LogP contribution in [0.25, 0.3) is 0 Å². The van der Waals surface area contributed by atoms with Crippen LogP contribution in [0.3, 0.4) is 0 Å². The Bertz CT molecular complexity index is 491. The third-order valence-electron chi connectivity index (χ3n) is 4.82. The average molecular weight is 270 g/mol. The van der Waals surface area contributed by atoms with E-state index in [9.17, 15) is 5.26 Å². The van der Waals surface area contributed by atoms with Crippen molar-refractivity contribution in [2.24, 2.45) is 17.6 Å². The first-order valence-corrected chi connectivity index (χ1v) is 7.27. The van der Waals surface area contributed by atoms with E-state index < -0.39 is 5.54 Å². The lowest BCUT2D eigenvalue weighted by Gasteiger charge is -2.53. The number of nitrogens with zero attached hydrogens (tertiary/aromatic N) is 3. The van der Waals surface area contributed by atoms with Crippen molar-refractivity contribution < 1.29 is 0 Å². The van der Waals surface area contributed by atoms with Gasteiger partial charge in [0.1, 0.15) is 5.54 Å². The quantitative estimate of drug-likeness (QED) is 0.867. The Morgan fingerprint density at radius 1 is 1.20 bits per heavy atom. The zero-order valence-corrected chi connectivity index (χ0v) is 12.0. The van der Waals surface area contributed by atoms with Crippen LogP contribution >= 0.6 is 0 Å². The number of nitriles is 1. The number of fused-ring (bicyclic) bond motifs is 2. The molecule has 2 aliphatic heterocycles. The molecule has 2 fully saturated rings. The summed E-state index contributed by atoms with van der Waals surface area (Å²) in [7, 11) is 2.13. The van der Waals surface area contributed by atoms with E-state index in [1.807, 2.05) is 6.07 Å². The molecule has 1 aromatic rings. The third kappa shape index (κ3) is 2.33. The second-order valence-corrected chi connectivity index (χ2v) is 6.34. The van der Waals surface area contributed by atoms with Crippen LogP contribution in [0.1, 0.15) is 5.56 Å². The molecule has 4 heteroatoms. The molecular weight excluding hydrogens is 248 g/mol. The summed E-state index contributed by atoms with van der Waals surface area (Å²) in [6.45, 7) is 4.64. The SMILES string of the molecule is CN1CC2CN(Cc3ccccc3)CC(C1)C2(N)C#N. The predicted octanol–water partition coefficient (Wildman–Crippen LogP) is 0.901. The molecule has 20 heavy (non-hydrogen) atoms. The second-order valence-electron chi connectivity index (χ2n) is 6.34. The van der Waals surface area contributed by atoms with Gasteiger partial charge in [0.15, 0.2) is 0 Å². The molecule has 2 atom stereocenters. The van der Waals surface area contributed by atoms with Gasteiger partial charge in [-0.25, -0.2) is 0 Å². The van der Waals surface area contributed by atoms with Gasteiger partial charge in [-0.2, -0.15) is 5.26 Å². The van der Waals surface area contributed by atoms with E-state index in [-0.39, 0.29) is 11.8 Å². The topological polar surface area (TPSA) is 56.3 Å². The molecule has 2 unspecified atom stereocenters. The van der Waals surface area contributed by atoms with Crippen molar-refractivity contribution >= 4 is 0 Å². The van der Waals surface area contributed by atoms with E-state index >= 15 is 0 Å². The molecule has 0 amide bonds. The number of nitrogens with two attached hydrogens (primary N) is 1. The van der Waals surface area contributed by atoms with Crippen molar-refractivity contribution in [2.45, 2.75) is 12.1 Å². The van der Waals surface area contributed by atoms with Crippen LogP contribution in [0.2, 0.25) is 0 Å². The lowest BCUT2D eigenvalue weighted by atomic mass is 9.69. The van der Waals surface area contributed by atoms with Gasteiger partial charge in [-0.3, -0.25) is 4.90 Å². The fourth-order valence-electron chi connectivity index (χ4n) is 3.73. The summed E-state index contributed by atoms with van der Waals surface area (Å²) >= 11 is 0. The average Bonchev–Trinajstić information content (AvgIpc) is 2.43. The zero-order chi connectivity index (χ0) is 14.2. The Morgan fingerprint density at radius 2 is 1.80 bits per heavy atom. The molecule has 2 aliphatic rings. The van der Waals surface area contributed by atoms with Gasteiger partial charge < -0.3 is 10.6 Å². The highest BCUT2D eigenvalue weighted by molar-refractivity contribution is 5.20. The highest BCUT2D eigenvalue weighted by Crippen LogP contribution is 2.35. The fourth-order valence-corrected chi connectivity index (χ4v) is 3.73. The van der Waals surface area contributed by atoms with Crippen LogP contribution in [0.5, 0.6) is 0 Å². The Kier molecular flexibility index (Phi) is 3.51. The first-order chi connectivity index (χ1) is 9.61. The number of rotatable bonds is 2. The number of piperidine rings is 2. The van der Waals surface area contributed by atoms with Gasteiger partial charge >= 0.3 is 0 Å². The number of likely N-dealkylation sites (tertiary alicyclic amines) is 2. The first-order valence-electron chi connectivity index (χ1n) is 7.27. The van der Waals surface area contributed by atoms with Crippen molar-refractivity contribution in [1.82, 2.24) is 9.80 Å². The van der Waals surface area contributed by atoms with Crippen molar-refractivity contribution in [3.63, 3.8) is 0 Å². The Labute approximate surface area is 120 Å². The monoisotopic (exact) mass is 270 g/mol. The largest absolute Gasteiger partial charge is 0.313 e. The van der Waals surface area contributed by atoms with Gasteiger partial charge in [-0.15, -0.1) is 0 Å². The zero-order valence-electron chi connectivity index (χ0n) is 12.0. The minimum atomic E-state index is -0.639. The maximum atomic E-state index is 9.51. The Morgan fingerprint density at radius 3 is 2.35 bits per heavy atom. The third-order valence-corrected chi connectivity index (χ3v) is 4.82. The normalized spacial score (nSPS) is 34.6. The van der Waals surface area contributed by atoms with Crippen molar-refractivity contribution in [3.8, 4) is 6.07 Å². The standard InChI is InChI=1S/C16H22N4/c1-19-8-14-10-20(7-13-5-3-2-4-6-13)11-15(9-19)16(14,18)12-17/h2-6,14-15H,7-11,18H2,1H3. The molecule has 0 saturated carbocycles. The molecule has 2 heterocycles. The fraction of sp³-hybridized carbons (Fsp3) is 0.562. The van der Waals surface area contributed by atoms with Crippen LogP contribution in [-0.4, -0.2) is 48.6 Å². The van der Waals surface area contributed by atoms with Crippen LogP contribution < -0.4 is 5.73 Å². The molecule has 4 nitrogen and oxygen atoms in total. The molecule has 2 bridgehead atoms. The predicted molar refractivity (Wildman–Crippen MR) is 78.7 cm³/mol. The van der Waals surface area contributed by atoms with Crippen LogP contribution in [0, 0.1) is 23.2 Å². The van der Waals surface area contributed by atoms with Gasteiger partial charge in [0.2, 0.25) is 0 Å². The maximum Gasteiger partial charge on any atom is 0.114 e. The molecular formula is C16H22N4. The first kappa shape index (κ1) is 13.6. The highest BCUT2D eigenvalue weighted by atomic mass is 15.2. The summed E-state index contributed by atoms with van der Waals surface area (Å²) in [6.07, 6.45) is 0. The maximum absolute atomic E-state index is 9.51. The van der Waals surface area contributed by atoms with Gasteiger partial charge in [0.25, 0.3) is 0 Å². The highest BCUT2D eigenvalue weighted by Gasteiger charge is 2.50. The van der Waals surface area contributed by atoms with Crippen LogP contribution in [-0.2, 0) is 6.54 Å². The van der Waals surface area contributed by atoms with Crippen LogP contribution in [0.4, 0.5) is 0 Å². The Hall–Kier alpha value is -1.41. The summed E-state index contributed by atoms with van der Waals surface area (Å²) in [4.78, 5) is 4.78. The molecule has 0 aromatic heterocycles. The van der Waals surface area contributed by atoms with E-state index in [0.29, 0.717) is 0 Å². The summed E-state index contributed by atoms with van der Waals surface area (Å²) in [5, 5.41) is 9.51. The van der Waals surface area contributed by atoms with E-state index in [1.165, 1.54) is 5.56 Å². The lowest BCUT2D eigenvalue weighted by molar-refractivity contribution is -0.00923. The molecule has 2 N–H and O–H groups in total. The van der Waals surface area contributed by atoms with Gasteiger partial charge in [-0.1, -0.05) is 30.3 Å². The van der Waals surface area contributed by atoms with Gasteiger partial charge in [-0.05, 0) is 12.6 Å². The molecule has 106 valence electrons. The molecule has 0 radical (unpaired) electrons. The van der Waals surface area contributed by atoms with E-state index in [2.05, 4.69) is 47.2 Å². The molecule has 0 aliphatic carbocycles. The van der Waals surface area contributed by atoms with E-state index in [4.69, 9.17) is 5.73 Å².